The number of rotatable bonds is 4. The summed E-state index contributed by atoms with van der Waals surface area (Å²) in [4.78, 5) is 22.0. The molecule has 26 heavy (non-hydrogen) atoms. The van der Waals surface area contributed by atoms with E-state index in [0.29, 0.717) is 5.56 Å². The van der Waals surface area contributed by atoms with E-state index in [0.717, 1.165) is 28.0 Å². The van der Waals surface area contributed by atoms with Gasteiger partial charge < -0.3 is 5.32 Å². The molecule has 3 heterocycles. The molecule has 3 aromatic rings. The van der Waals surface area contributed by atoms with Crippen LogP contribution in [0.4, 0.5) is 0 Å². The van der Waals surface area contributed by atoms with Crippen molar-refractivity contribution in [2.24, 2.45) is 0 Å². The summed E-state index contributed by atoms with van der Waals surface area (Å²) < 4.78 is 1.84. The SMILES string of the molecule is Cc1ccc(C(C)(C)NC(=O)c2cc(C)nc3c2cnn3C(C)C)cn1. The van der Waals surface area contributed by atoms with Crippen molar-refractivity contribution >= 4 is 16.9 Å². The Morgan fingerprint density at radius 2 is 1.88 bits per heavy atom. The maximum Gasteiger partial charge on any atom is 0.252 e. The zero-order valence-electron chi connectivity index (χ0n) is 16.2. The highest BCUT2D eigenvalue weighted by Crippen LogP contribution is 2.24. The van der Waals surface area contributed by atoms with E-state index in [2.05, 4.69) is 20.4 Å². The van der Waals surface area contributed by atoms with Gasteiger partial charge in [0.2, 0.25) is 0 Å². The Hall–Kier alpha value is -2.76. The maximum absolute atomic E-state index is 13.0. The summed E-state index contributed by atoms with van der Waals surface area (Å²) >= 11 is 0. The fraction of sp³-hybridized carbons (Fsp3) is 0.400. The Morgan fingerprint density at radius 3 is 2.50 bits per heavy atom. The lowest BCUT2D eigenvalue weighted by Crippen LogP contribution is -2.41. The Morgan fingerprint density at radius 1 is 1.15 bits per heavy atom. The van der Waals surface area contributed by atoms with Crippen molar-refractivity contribution in [3.05, 3.63) is 53.1 Å². The molecular weight excluding hydrogens is 326 g/mol. The van der Waals surface area contributed by atoms with Crippen molar-refractivity contribution in [2.75, 3.05) is 0 Å². The first-order valence-corrected chi connectivity index (χ1v) is 8.79. The van der Waals surface area contributed by atoms with Gasteiger partial charge in [-0.3, -0.25) is 9.78 Å². The van der Waals surface area contributed by atoms with Crippen molar-refractivity contribution in [2.45, 2.75) is 53.1 Å². The number of aryl methyl sites for hydroxylation is 2. The van der Waals surface area contributed by atoms with Gasteiger partial charge in [0.1, 0.15) is 0 Å². The largest absolute Gasteiger partial charge is 0.343 e. The highest BCUT2D eigenvalue weighted by molar-refractivity contribution is 6.05. The average Bonchev–Trinajstić information content (AvgIpc) is 2.97. The third-order valence-corrected chi connectivity index (χ3v) is 4.49. The molecule has 0 unspecified atom stereocenters. The van der Waals surface area contributed by atoms with Crippen LogP contribution in [0.15, 0.2) is 30.6 Å². The Labute approximate surface area is 153 Å². The van der Waals surface area contributed by atoms with Crippen molar-refractivity contribution in [3.63, 3.8) is 0 Å². The molecule has 136 valence electrons. The molecule has 0 saturated heterocycles. The molecule has 1 amide bonds. The van der Waals surface area contributed by atoms with E-state index >= 15 is 0 Å². The molecule has 0 spiro atoms. The van der Waals surface area contributed by atoms with Crippen LogP contribution in [0.5, 0.6) is 0 Å². The fourth-order valence-corrected chi connectivity index (χ4v) is 2.97. The minimum atomic E-state index is -0.546. The summed E-state index contributed by atoms with van der Waals surface area (Å²) in [6.45, 7) is 11.9. The van der Waals surface area contributed by atoms with Gasteiger partial charge in [0.05, 0.1) is 22.7 Å². The number of hydrogen-bond donors (Lipinski definition) is 1. The highest BCUT2D eigenvalue weighted by Gasteiger charge is 2.26. The van der Waals surface area contributed by atoms with Gasteiger partial charge in [-0.25, -0.2) is 9.67 Å². The number of carbonyl (C=O) groups excluding carboxylic acids is 1. The second-order valence-corrected chi connectivity index (χ2v) is 7.50. The number of pyridine rings is 2. The average molecular weight is 351 g/mol. The second kappa shape index (κ2) is 6.52. The van der Waals surface area contributed by atoms with Crippen molar-refractivity contribution < 1.29 is 4.79 Å². The first-order chi connectivity index (χ1) is 12.2. The minimum Gasteiger partial charge on any atom is -0.343 e. The smallest absolute Gasteiger partial charge is 0.252 e. The first-order valence-electron chi connectivity index (χ1n) is 8.79. The number of hydrogen-bond acceptors (Lipinski definition) is 4. The fourth-order valence-electron chi connectivity index (χ4n) is 2.97. The minimum absolute atomic E-state index is 0.144. The van der Waals surface area contributed by atoms with Gasteiger partial charge in [0, 0.05) is 23.6 Å². The molecule has 0 saturated carbocycles. The predicted molar refractivity (Wildman–Crippen MR) is 102 cm³/mol. The number of nitrogens with zero attached hydrogens (tertiary/aromatic N) is 4. The molecule has 0 atom stereocenters. The Kier molecular flexibility index (Phi) is 4.52. The first kappa shape index (κ1) is 18.0. The van der Waals surface area contributed by atoms with Gasteiger partial charge in [-0.2, -0.15) is 5.10 Å². The lowest BCUT2D eigenvalue weighted by molar-refractivity contribution is 0.0913. The van der Waals surface area contributed by atoms with Gasteiger partial charge in [0.15, 0.2) is 5.65 Å². The number of amides is 1. The number of aromatic nitrogens is 4. The molecule has 0 aliphatic heterocycles. The second-order valence-electron chi connectivity index (χ2n) is 7.50. The number of carbonyl (C=O) groups is 1. The Balaban J connectivity index is 1.98. The topological polar surface area (TPSA) is 72.7 Å². The lowest BCUT2D eigenvalue weighted by atomic mass is 9.95. The van der Waals surface area contributed by atoms with Crippen molar-refractivity contribution in [1.82, 2.24) is 25.1 Å². The van der Waals surface area contributed by atoms with E-state index in [1.54, 1.807) is 12.4 Å². The van der Waals surface area contributed by atoms with E-state index in [-0.39, 0.29) is 11.9 Å². The third-order valence-electron chi connectivity index (χ3n) is 4.49. The van der Waals surface area contributed by atoms with Gasteiger partial charge >= 0.3 is 0 Å². The summed E-state index contributed by atoms with van der Waals surface area (Å²) in [7, 11) is 0. The number of fused-ring (bicyclic) bond motifs is 1. The summed E-state index contributed by atoms with van der Waals surface area (Å²) in [6, 6.07) is 5.93. The molecule has 0 aromatic carbocycles. The molecular formula is C20H25N5O. The van der Waals surface area contributed by atoms with Crippen LogP contribution < -0.4 is 5.32 Å². The summed E-state index contributed by atoms with van der Waals surface area (Å²) in [5.74, 6) is -0.144. The summed E-state index contributed by atoms with van der Waals surface area (Å²) in [5.41, 5.74) is 3.47. The zero-order chi connectivity index (χ0) is 19.1. The normalized spacial score (nSPS) is 12.0. The Bertz CT molecular complexity index is 954. The van der Waals surface area contributed by atoms with E-state index in [9.17, 15) is 4.79 Å². The van der Waals surface area contributed by atoms with Crippen molar-refractivity contribution in [1.29, 1.82) is 0 Å². The zero-order valence-corrected chi connectivity index (χ0v) is 16.2. The van der Waals surface area contributed by atoms with E-state index in [4.69, 9.17) is 0 Å². The van der Waals surface area contributed by atoms with E-state index < -0.39 is 5.54 Å². The van der Waals surface area contributed by atoms with Crippen LogP contribution in [0.2, 0.25) is 0 Å². The third kappa shape index (κ3) is 3.31. The standard InChI is InChI=1S/C20H25N5O/c1-12(2)25-18-17(11-22-25)16(9-14(4)23-18)19(26)24-20(5,6)15-8-7-13(3)21-10-15/h7-12H,1-6H3,(H,24,26). The van der Waals surface area contributed by atoms with Crippen LogP contribution in [0, 0.1) is 13.8 Å². The van der Waals surface area contributed by atoms with Crippen LogP contribution in [-0.4, -0.2) is 25.7 Å². The lowest BCUT2D eigenvalue weighted by Gasteiger charge is -2.27. The molecule has 6 nitrogen and oxygen atoms in total. The number of nitrogens with one attached hydrogen (secondary N) is 1. The summed E-state index contributed by atoms with van der Waals surface area (Å²) in [5, 5.41) is 8.29. The monoisotopic (exact) mass is 351 g/mol. The molecule has 0 fully saturated rings. The molecule has 6 heteroatoms. The van der Waals surface area contributed by atoms with Crippen LogP contribution in [0.1, 0.15) is 61.0 Å². The van der Waals surface area contributed by atoms with E-state index in [1.165, 1.54) is 0 Å². The molecule has 0 aliphatic carbocycles. The molecule has 0 aliphatic rings. The van der Waals surface area contributed by atoms with Crippen LogP contribution >= 0.6 is 0 Å². The molecule has 3 rings (SSSR count). The van der Waals surface area contributed by atoms with Gasteiger partial charge in [-0.1, -0.05) is 6.07 Å². The van der Waals surface area contributed by atoms with E-state index in [1.807, 2.05) is 64.4 Å². The highest BCUT2D eigenvalue weighted by atomic mass is 16.1. The van der Waals surface area contributed by atoms with Crippen LogP contribution in [0.25, 0.3) is 11.0 Å². The molecule has 0 bridgehead atoms. The molecule has 3 aromatic heterocycles. The summed E-state index contributed by atoms with van der Waals surface area (Å²) in [6.07, 6.45) is 3.52. The maximum atomic E-state index is 13.0. The van der Waals surface area contributed by atoms with Crippen molar-refractivity contribution in [3.8, 4) is 0 Å². The van der Waals surface area contributed by atoms with Crippen LogP contribution in [0.3, 0.4) is 0 Å². The van der Waals surface area contributed by atoms with Crippen LogP contribution in [-0.2, 0) is 5.54 Å². The van der Waals surface area contributed by atoms with Gasteiger partial charge in [-0.15, -0.1) is 0 Å². The van der Waals surface area contributed by atoms with Gasteiger partial charge in [-0.05, 0) is 59.2 Å². The predicted octanol–water partition coefficient (Wildman–Crippen LogP) is 3.69. The molecule has 1 N–H and O–H groups in total. The van der Waals surface area contributed by atoms with Gasteiger partial charge in [0.25, 0.3) is 5.91 Å². The quantitative estimate of drug-likeness (QED) is 0.778. The molecule has 0 radical (unpaired) electrons.